The fourth-order valence-corrected chi connectivity index (χ4v) is 3.49. The molecule has 0 aromatic heterocycles. The van der Waals surface area contributed by atoms with Crippen LogP contribution in [0.4, 0.5) is 0 Å². The third-order valence-corrected chi connectivity index (χ3v) is 5.55. The van der Waals surface area contributed by atoms with Crippen LogP contribution in [0.3, 0.4) is 0 Å². The molecular formula is C20H15BrN2O4S. The molecule has 28 heavy (non-hydrogen) atoms. The van der Waals surface area contributed by atoms with E-state index in [1.54, 1.807) is 66.7 Å². The lowest BCUT2D eigenvalue weighted by Crippen LogP contribution is -2.18. The number of benzene rings is 3. The molecule has 0 amide bonds. The normalized spacial score (nSPS) is 11.3. The fraction of sp³-hybridized carbons (Fsp3) is 0. The Balaban J connectivity index is 1.62. The summed E-state index contributed by atoms with van der Waals surface area (Å²) in [4.78, 5) is 14.5. The van der Waals surface area contributed by atoms with E-state index in [2.05, 4.69) is 25.9 Å². The maximum Gasteiger partial charge on any atom is 0.344 e. The van der Waals surface area contributed by atoms with Crippen LogP contribution in [0.25, 0.3) is 0 Å². The summed E-state index contributed by atoms with van der Waals surface area (Å²) < 4.78 is 30.1. The molecule has 0 aliphatic carbocycles. The minimum atomic E-state index is -3.71. The van der Waals surface area contributed by atoms with Crippen LogP contribution in [-0.4, -0.2) is 20.6 Å². The second kappa shape index (κ2) is 8.81. The number of hydrogen-bond donors (Lipinski definition) is 1. The Labute approximate surface area is 171 Å². The van der Waals surface area contributed by atoms with Crippen LogP contribution in [0.1, 0.15) is 15.9 Å². The molecule has 3 aromatic carbocycles. The van der Waals surface area contributed by atoms with Crippen molar-refractivity contribution in [3.8, 4) is 5.75 Å². The zero-order chi connectivity index (χ0) is 20.0. The highest BCUT2D eigenvalue weighted by Crippen LogP contribution is 2.19. The van der Waals surface area contributed by atoms with Crippen LogP contribution < -0.4 is 9.57 Å². The minimum absolute atomic E-state index is 0.126. The van der Waals surface area contributed by atoms with Crippen LogP contribution in [0.2, 0.25) is 0 Å². The number of esters is 1. The van der Waals surface area contributed by atoms with Crippen LogP contribution in [0.15, 0.2) is 93.3 Å². The molecule has 1 N–H and O–H groups in total. The molecule has 6 nitrogen and oxygen atoms in total. The van der Waals surface area contributed by atoms with Crippen molar-refractivity contribution in [1.82, 2.24) is 4.83 Å². The van der Waals surface area contributed by atoms with Gasteiger partial charge in [-0.25, -0.2) is 9.63 Å². The van der Waals surface area contributed by atoms with Gasteiger partial charge in [-0.3, -0.25) is 0 Å². The van der Waals surface area contributed by atoms with Crippen LogP contribution >= 0.6 is 15.9 Å². The van der Waals surface area contributed by atoms with Crippen molar-refractivity contribution >= 4 is 38.1 Å². The average Bonchev–Trinajstić information content (AvgIpc) is 2.70. The molecule has 0 aliphatic heterocycles. The molecule has 0 heterocycles. The van der Waals surface area contributed by atoms with Gasteiger partial charge in [-0.15, -0.1) is 0 Å². The third kappa shape index (κ3) is 5.05. The van der Waals surface area contributed by atoms with Gasteiger partial charge in [0.1, 0.15) is 5.75 Å². The first kappa shape index (κ1) is 19.8. The Morgan fingerprint density at radius 3 is 2.25 bits per heavy atom. The highest BCUT2D eigenvalue weighted by Gasteiger charge is 2.12. The average molecular weight is 459 g/mol. The lowest BCUT2D eigenvalue weighted by Gasteiger charge is -2.06. The highest BCUT2D eigenvalue weighted by atomic mass is 79.9. The van der Waals surface area contributed by atoms with Gasteiger partial charge in [-0.1, -0.05) is 30.3 Å². The first-order valence-electron chi connectivity index (χ1n) is 8.12. The van der Waals surface area contributed by atoms with Crippen LogP contribution in [0.5, 0.6) is 5.75 Å². The first-order chi connectivity index (χ1) is 13.5. The molecule has 142 valence electrons. The summed E-state index contributed by atoms with van der Waals surface area (Å²) in [5, 5.41) is 3.76. The van der Waals surface area contributed by atoms with Crippen LogP contribution in [0, 0.1) is 0 Å². The number of halogens is 1. The second-order valence-electron chi connectivity index (χ2n) is 5.60. The lowest BCUT2D eigenvalue weighted by molar-refractivity contribution is 0.0734. The number of rotatable bonds is 6. The predicted octanol–water partition coefficient (Wildman–Crippen LogP) is 3.98. The topological polar surface area (TPSA) is 84.8 Å². The van der Waals surface area contributed by atoms with E-state index in [-0.39, 0.29) is 4.90 Å². The van der Waals surface area contributed by atoms with Crippen molar-refractivity contribution in [2.75, 3.05) is 0 Å². The van der Waals surface area contributed by atoms with Gasteiger partial charge >= 0.3 is 5.97 Å². The molecule has 8 heteroatoms. The smallest absolute Gasteiger partial charge is 0.344 e. The Hall–Kier alpha value is -2.97. The molecule has 0 saturated carbocycles. The molecule has 0 unspecified atom stereocenters. The van der Waals surface area contributed by atoms with E-state index >= 15 is 0 Å². The van der Waals surface area contributed by atoms with Gasteiger partial charge in [-0.05, 0) is 70.0 Å². The molecule has 3 aromatic rings. The standard InChI is InChI=1S/C20H15BrN2O4S/c21-19-9-5-4-8-18(19)20(24)27-16-12-10-15(11-13-16)14-22-23-28(25,26)17-6-2-1-3-7-17/h1-14,23H/b22-14+. The van der Waals surface area contributed by atoms with Gasteiger partial charge in [0.25, 0.3) is 10.0 Å². The van der Waals surface area contributed by atoms with Crippen molar-refractivity contribution in [3.05, 3.63) is 94.5 Å². The third-order valence-electron chi connectivity index (χ3n) is 3.62. The van der Waals surface area contributed by atoms with E-state index in [9.17, 15) is 13.2 Å². The van der Waals surface area contributed by atoms with Crippen molar-refractivity contribution in [1.29, 1.82) is 0 Å². The largest absolute Gasteiger partial charge is 0.423 e. The summed E-state index contributed by atoms with van der Waals surface area (Å²) in [6, 6.07) is 21.4. The molecule has 0 aliphatic rings. The predicted molar refractivity (Wildman–Crippen MR) is 110 cm³/mol. The van der Waals surface area contributed by atoms with E-state index in [4.69, 9.17) is 4.74 Å². The Kier molecular flexibility index (Phi) is 6.23. The number of carbonyl (C=O) groups is 1. The quantitative estimate of drug-likeness (QED) is 0.262. The highest BCUT2D eigenvalue weighted by molar-refractivity contribution is 9.10. The van der Waals surface area contributed by atoms with E-state index < -0.39 is 16.0 Å². The van der Waals surface area contributed by atoms with Gasteiger partial charge in [0.15, 0.2) is 0 Å². The number of nitrogens with zero attached hydrogens (tertiary/aromatic N) is 1. The number of carbonyl (C=O) groups excluding carboxylic acids is 1. The summed E-state index contributed by atoms with van der Waals surface area (Å²) in [6.45, 7) is 0. The number of hydrogen-bond acceptors (Lipinski definition) is 5. The monoisotopic (exact) mass is 458 g/mol. The van der Waals surface area contributed by atoms with Crippen molar-refractivity contribution in [2.24, 2.45) is 5.10 Å². The number of hydrazone groups is 1. The SMILES string of the molecule is O=C(Oc1ccc(/C=N/NS(=O)(=O)c2ccccc2)cc1)c1ccccc1Br. The molecule has 0 saturated heterocycles. The number of nitrogens with one attached hydrogen (secondary N) is 1. The Morgan fingerprint density at radius 1 is 0.929 bits per heavy atom. The number of sulfonamides is 1. The van der Waals surface area contributed by atoms with Crippen LogP contribution in [-0.2, 0) is 10.0 Å². The fourth-order valence-electron chi connectivity index (χ4n) is 2.23. The molecule has 0 atom stereocenters. The van der Waals surface area contributed by atoms with E-state index in [1.807, 2.05) is 0 Å². The summed E-state index contributed by atoms with van der Waals surface area (Å²) in [5.41, 5.74) is 1.06. The van der Waals surface area contributed by atoms with Crippen molar-refractivity contribution < 1.29 is 17.9 Å². The van der Waals surface area contributed by atoms with Gasteiger partial charge in [0.2, 0.25) is 0 Å². The van der Waals surface area contributed by atoms with Crippen molar-refractivity contribution in [2.45, 2.75) is 4.90 Å². The summed E-state index contributed by atoms with van der Waals surface area (Å²) in [6.07, 6.45) is 1.36. The van der Waals surface area contributed by atoms with Gasteiger partial charge in [0, 0.05) is 4.47 Å². The second-order valence-corrected chi connectivity index (χ2v) is 8.12. The Morgan fingerprint density at radius 2 is 1.57 bits per heavy atom. The summed E-state index contributed by atoms with van der Waals surface area (Å²) in [5.74, 6) is -0.118. The molecule has 0 spiro atoms. The van der Waals surface area contributed by atoms with Gasteiger partial charge < -0.3 is 4.74 Å². The van der Waals surface area contributed by atoms with E-state index in [0.717, 1.165) is 0 Å². The molecule has 0 fully saturated rings. The number of ether oxygens (including phenoxy) is 1. The van der Waals surface area contributed by atoms with Crippen molar-refractivity contribution in [3.63, 3.8) is 0 Å². The molecule has 0 radical (unpaired) electrons. The van der Waals surface area contributed by atoms with Gasteiger partial charge in [0.05, 0.1) is 16.7 Å². The van der Waals surface area contributed by atoms with E-state index in [1.165, 1.54) is 18.3 Å². The zero-order valence-electron chi connectivity index (χ0n) is 14.4. The zero-order valence-corrected chi connectivity index (χ0v) is 16.9. The minimum Gasteiger partial charge on any atom is -0.423 e. The van der Waals surface area contributed by atoms with Gasteiger partial charge in [-0.2, -0.15) is 13.5 Å². The maximum atomic E-state index is 12.2. The summed E-state index contributed by atoms with van der Waals surface area (Å²) in [7, 11) is -3.71. The first-order valence-corrected chi connectivity index (χ1v) is 10.4. The maximum absolute atomic E-state index is 12.2. The molecular weight excluding hydrogens is 444 g/mol. The summed E-state index contributed by atoms with van der Waals surface area (Å²) >= 11 is 3.31. The lowest BCUT2D eigenvalue weighted by atomic mass is 10.2. The Bertz CT molecular complexity index is 1100. The molecule has 0 bridgehead atoms. The molecule has 3 rings (SSSR count). The van der Waals surface area contributed by atoms with E-state index in [0.29, 0.717) is 21.3 Å².